The van der Waals surface area contributed by atoms with Gasteiger partial charge in [0.15, 0.2) is 6.61 Å². The van der Waals surface area contributed by atoms with Gasteiger partial charge < -0.3 is 19.5 Å². The molecule has 0 bridgehead atoms. The molecule has 0 spiro atoms. The van der Waals surface area contributed by atoms with Crippen LogP contribution in [0.15, 0.2) is 24.4 Å². The molecule has 0 radical (unpaired) electrons. The fraction of sp³-hybridized carbons (Fsp3) is 0.591. The first-order chi connectivity index (χ1) is 14.5. The molecule has 4 rings (SSSR count). The minimum atomic E-state index is -0.496. The van der Waals surface area contributed by atoms with Crippen molar-refractivity contribution in [2.24, 2.45) is 11.8 Å². The van der Waals surface area contributed by atoms with E-state index in [0.717, 1.165) is 29.0 Å². The maximum absolute atomic E-state index is 12.8. The summed E-state index contributed by atoms with van der Waals surface area (Å²) < 4.78 is 12.7. The van der Waals surface area contributed by atoms with Crippen LogP contribution in [-0.2, 0) is 16.1 Å². The van der Waals surface area contributed by atoms with Crippen LogP contribution in [0.1, 0.15) is 35.7 Å². The molecule has 1 N–H and O–H groups in total. The highest BCUT2D eigenvalue weighted by Crippen LogP contribution is 2.41. The Balaban J connectivity index is 1.35. The average Bonchev–Trinajstić information content (AvgIpc) is 3.35. The number of hydrogen-bond donors (Lipinski definition) is 1. The number of fused-ring (bicyclic) bond motifs is 1. The van der Waals surface area contributed by atoms with Crippen LogP contribution in [0.5, 0.6) is 5.75 Å². The second kappa shape index (κ2) is 8.73. The maximum atomic E-state index is 12.8. The second-order valence-electron chi connectivity index (χ2n) is 8.53. The number of aryl methyl sites for hydroxylation is 1. The molecule has 1 aromatic heterocycles. The van der Waals surface area contributed by atoms with Gasteiger partial charge in [0.05, 0.1) is 24.9 Å². The van der Waals surface area contributed by atoms with E-state index in [1.165, 1.54) is 0 Å². The van der Waals surface area contributed by atoms with Crippen LogP contribution in [0, 0.1) is 25.7 Å². The summed E-state index contributed by atoms with van der Waals surface area (Å²) in [5.74, 6) is 1.41. The number of rotatable bonds is 6. The zero-order valence-corrected chi connectivity index (χ0v) is 17.8. The zero-order valence-electron chi connectivity index (χ0n) is 17.8. The topological polar surface area (TPSA) is 89.7 Å². The quantitative estimate of drug-likeness (QED) is 0.776. The van der Waals surface area contributed by atoms with Crippen LogP contribution in [-0.4, -0.2) is 63.8 Å². The van der Waals surface area contributed by atoms with Gasteiger partial charge in [-0.1, -0.05) is 17.3 Å². The van der Waals surface area contributed by atoms with E-state index in [0.29, 0.717) is 38.0 Å². The van der Waals surface area contributed by atoms with Crippen molar-refractivity contribution in [1.82, 2.24) is 19.9 Å². The third-order valence-electron chi connectivity index (χ3n) is 6.56. The van der Waals surface area contributed by atoms with Crippen LogP contribution in [0.2, 0.25) is 0 Å². The Kier molecular flexibility index (Phi) is 6.06. The molecule has 4 atom stereocenters. The number of methoxy groups -OCH3 is 1. The minimum absolute atomic E-state index is 0.000479. The van der Waals surface area contributed by atoms with Gasteiger partial charge in [0, 0.05) is 20.2 Å². The Hall–Kier alpha value is -2.45. The number of ether oxygens (including phenoxy) is 2. The molecule has 1 amide bonds. The highest BCUT2D eigenvalue weighted by Gasteiger charge is 2.44. The number of hydrogen-bond acceptors (Lipinski definition) is 6. The van der Waals surface area contributed by atoms with E-state index in [9.17, 15) is 9.90 Å². The summed E-state index contributed by atoms with van der Waals surface area (Å²) >= 11 is 0. The Morgan fingerprint density at radius 3 is 2.77 bits per heavy atom. The molecule has 8 nitrogen and oxygen atoms in total. The normalized spacial score (nSPS) is 25.9. The lowest BCUT2D eigenvalue weighted by molar-refractivity contribution is -0.132. The highest BCUT2D eigenvalue weighted by molar-refractivity contribution is 5.78. The molecule has 1 saturated heterocycles. The van der Waals surface area contributed by atoms with Gasteiger partial charge in [0.2, 0.25) is 0 Å². The lowest BCUT2D eigenvalue weighted by Crippen LogP contribution is -2.36. The Labute approximate surface area is 176 Å². The Bertz CT molecular complexity index is 899. The number of aliphatic hydroxyl groups is 1. The van der Waals surface area contributed by atoms with Crippen LogP contribution >= 0.6 is 0 Å². The van der Waals surface area contributed by atoms with Crippen molar-refractivity contribution in [3.05, 3.63) is 41.2 Å². The summed E-state index contributed by atoms with van der Waals surface area (Å²) in [7, 11) is 1.62. The molecule has 0 unspecified atom stereocenters. The first-order valence-corrected chi connectivity index (χ1v) is 10.5. The summed E-state index contributed by atoms with van der Waals surface area (Å²) in [5, 5.41) is 19.0. The SMILES string of the molecule is COCc1cn([C@@H]2C[C@@H]3CN(C(=O)COc4cccc(C)c4C)C[C@@H]3C[C@H]2O)nn1. The van der Waals surface area contributed by atoms with Gasteiger partial charge >= 0.3 is 0 Å². The van der Waals surface area contributed by atoms with Crippen LogP contribution in [0.3, 0.4) is 0 Å². The predicted octanol–water partition coefficient (Wildman–Crippen LogP) is 1.89. The number of aromatic nitrogens is 3. The highest BCUT2D eigenvalue weighted by atomic mass is 16.5. The summed E-state index contributed by atoms with van der Waals surface area (Å²) in [6, 6.07) is 5.75. The van der Waals surface area contributed by atoms with Gasteiger partial charge in [0.1, 0.15) is 11.4 Å². The number of nitrogens with zero attached hydrogens (tertiary/aromatic N) is 4. The fourth-order valence-electron chi connectivity index (χ4n) is 4.70. The van der Waals surface area contributed by atoms with Gasteiger partial charge in [-0.2, -0.15) is 0 Å². The lowest BCUT2D eigenvalue weighted by Gasteiger charge is -2.34. The van der Waals surface area contributed by atoms with Gasteiger partial charge in [-0.05, 0) is 55.7 Å². The molecule has 2 aliphatic rings. The van der Waals surface area contributed by atoms with E-state index >= 15 is 0 Å². The molecule has 1 aliphatic carbocycles. The van der Waals surface area contributed by atoms with Crippen molar-refractivity contribution < 1.29 is 19.4 Å². The predicted molar refractivity (Wildman–Crippen MR) is 110 cm³/mol. The lowest BCUT2D eigenvalue weighted by atomic mass is 9.77. The monoisotopic (exact) mass is 414 g/mol. The van der Waals surface area contributed by atoms with E-state index in [2.05, 4.69) is 10.3 Å². The van der Waals surface area contributed by atoms with E-state index in [-0.39, 0.29) is 18.6 Å². The number of carbonyl (C=O) groups excluding carboxylic acids is 1. The molecule has 1 aromatic carbocycles. The molecular weight excluding hydrogens is 384 g/mol. The van der Waals surface area contributed by atoms with Crippen LogP contribution in [0.25, 0.3) is 0 Å². The molecule has 2 fully saturated rings. The van der Waals surface area contributed by atoms with Crippen molar-refractivity contribution >= 4 is 5.91 Å². The third-order valence-corrected chi connectivity index (χ3v) is 6.56. The van der Waals surface area contributed by atoms with E-state index < -0.39 is 6.10 Å². The van der Waals surface area contributed by atoms with E-state index in [1.807, 2.05) is 43.1 Å². The largest absolute Gasteiger partial charge is 0.483 e. The Morgan fingerprint density at radius 2 is 2.00 bits per heavy atom. The van der Waals surface area contributed by atoms with Gasteiger partial charge in [-0.25, -0.2) is 4.68 Å². The van der Waals surface area contributed by atoms with Crippen molar-refractivity contribution in [2.75, 3.05) is 26.8 Å². The van der Waals surface area contributed by atoms with Gasteiger partial charge in [-0.3, -0.25) is 4.79 Å². The number of carbonyl (C=O) groups is 1. The second-order valence-corrected chi connectivity index (χ2v) is 8.53. The van der Waals surface area contributed by atoms with Gasteiger partial charge in [0.25, 0.3) is 5.91 Å². The van der Waals surface area contributed by atoms with E-state index in [1.54, 1.807) is 11.8 Å². The van der Waals surface area contributed by atoms with Crippen molar-refractivity contribution in [2.45, 2.75) is 45.4 Å². The third kappa shape index (κ3) is 4.20. The van der Waals surface area contributed by atoms with Crippen LogP contribution in [0.4, 0.5) is 0 Å². The average molecular weight is 415 g/mol. The molecule has 162 valence electrons. The van der Waals surface area contributed by atoms with Crippen molar-refractivity contribution in [3.63, 3.8) is 0 Å². The first kappa shape index (κ1) is 20.8. The minimum Gasteiger partial charge on any atom is -0.483 e. The first-order valence-electron chi connectivity index (χ1n) is 10.5. The summed E-state index contributed by atoms with van der Waals surface area (Å²) in [6.45, 7) is 5.85. The molecule has 1 saturated carbocycles. The molecular formula is C22H30N4O4. The fourth-order valence-corrected chi connectivity index (χ4v) is 4.70. The van der Waals surface area contributed by atoms with Crippen molar-refractivity contribution in [3.8, 4) is 5.75 Å². The standard InChI is InChI=1S/C22H30N4O4/c1-14-5-4-6-21(15(14)2)30-13-22(28)25-9-16-7-19(20(27)8-17(16)10-25)26-11-18(12-29-3)23-24-26/h4-6,11,16-17,19-20,27H,7-10,12-13H2,1-3H3/t16-,17+,19-,20-/m1/s1. The summed E-state index contributed by atoms with van der Waals surface area (Å²) in [5.41, 5.74) is 2.96. The molecule has 30 heavy (non-hydrogen) atoms. The molecule has 1 aliphatic heterocycles. The molecule has 2 heterocycles. The van der Waals surface area contributed by atoms with E-state index in [4.69, 9.17) is 9.47 Å². The zero-order chi connectivity index (χ0) is 21.3. The number of likely N-dealkylation sites (tertiary alicyclic amines) is 1. The summed E-state index contributed by atoms with van der Waals surface area (Å²) in [4.78, 5) is 14.6. The summed E-state index contributed by atoms with van der Waals surface area (Å²) in [6.07, 6.45) is 2.79. The number of benzene rings is 1. The Morgan fingerprint density at radius 1 is 1.23 bits per heavy atom. The smallest absolute Gasteiger partial charge is 0.260 e. The van der Waals surface area contributed by atoms with Crippen LogP contribution < -0.4 is 4.74 Å². The van der Waals surface area contributed by atoms with Gasteiger partial charge in [-0.15, -0.1) is 5.10 Å². The van der Waals surface area contributed by atoms with Crippen molar-refractivity contribution in [1.29, 1.82) is 0 Å². The molecule has 2 aromatic rings. The number of amides is 1. The maximum Gasteiger partial charge on any atom is 0.260 e. The molecule has 8 heteroatoms. The number of aliphatic hydroxyl groups excluding tert-OH is 1.